The summed E-state index contributed by atoms with van der Waals surface area (Å²) in [6.45, 7) is 0. The molecule has 0 fully saturated rings. The minimum absolute atomic E-state index is 0.590. The van der Waals surface area contributed by atoms with Crippen LogP contribution in [-0.2, 0) is 0 Å². The van der Waals surface area contributed by atoms with Crippen LogP contribution < -0.4 is 4.90 Å². The van der Waals surface area contributed by atoms with Gasteiger partial charge in [0.15, 0.2) is 11.6 Å². The molecular weight excluding hydrogens is 605 g/mol. The Morgan fingerprint density at radius 1 is 0.375 bits per heavy atom. The second-order valence-corrected chi connectivity index (χ2v) is 13.2. The van der Waals surface area contributed by atoms with Gasteiger partial charge >= 0.3 is 0 Å². The van der Waals surface area contributed by atoms with Crippen LogP contribution in [0, 0.1) is 0 Å². The summed E-state index contributed by atoms with van der Waals surface area (Å²) in [5, 5.41) is 9.68. The topological polar surface area (TPSA) is 41.9 Å². The van der Waals surface area contributed by atoms with Crippen molar-refractivity contribution >= 4 is 72.2 Å². The Bertz CT molecular complexity index is 2660. The number of anilines is 3. The smallest absolute Gasteiger partial charge is 0.238 e. The monoisotopic (exact) mass is 630 g/mol. The highest BCUT2D eigenvalue weighted by Gasteiger charge is 2.27. The van der Waals surface area contributed by atoms with E-state index in [9.17, 15) is 0 Å². The first-order valence-electron chi connectivity index (χ1n) is 16.0. The van der Waals surface area contributed by atoms with Crippen LogP contribution in [-0.4, -0.2) is 15.0 Å². The van der Waals surface area contributed by atoms with E-state index in [2.05, 4.69) is 163 Å². The molecule has 0 saturated carbocycles. The molecule has 0 atom stereocenters. The van der Waals surface area contributed by atoms with Gasteiger partial charge in [-0.2, -0.15) is 9.97 Å². The summed E-state index contributed by atoms with van der Waals surface area (Å²) < 4.78 is 0. The zero-order valence-electron chi connectivity index (χ0n) is 25.7. The van der Waals surface area contributed by atoms with Crippen LogP contribution in [0.5, 0.6) is 0 Å². The van der Waals surface area contributed by atoms with Crippen molar-refractivity contribution in [3.05, 3.63) is 158 Å². The molecule has 0 radical (unpaired) electrons. The van der Waals surface area contributed by atoms with Gasteiger partial charge in [-0.05, 0) is 79.5 Å². The van der Waals surface area contributed by atoms with Crippen LogP contribution in [0.25, 0.3) is 65.9 Å². The molecule has 224 valence electrons. The third-order valence-corrected chi connectivity index (χ3v) is 10.4. The zero-order chi connectivity index (χ0) is 31.6. The number of aromatic nitrogens is 3. The molecule has 0 bridgehead atoms. The molecule has 48 heavy (non-hydrogen) atoms. The van der Waals surface area contributed by atoms with Crippen LogP contribution in [0.4, 0.5) is 17.3 Å². The van der Waals surface area contributed by atoms with Crippen LogP contribution in [0.1, 0.15) is 0 Å². The van der Waals surface area contributed by atoms with E-state index >= 15 is 0 Å². The van der Waals surface area contributed by atoms with Crippen molar-refractivity contribution in [3.63, 3.8) is 0 Å². The number of benzene rings is 8. The van der Waals surface area contributed by atoms with E-state index in [-0.39, 0.29) is 0 Å². The highest BCUT2D eigenvalue weighted by atomic mass is 32.2. The van der Waals surface area contributed by atoms with Gasteiger partial charge in [-0.3, -0.25) is 4.90 Å². The average molecular weight is 631 g/mol. The van der Waals surface area contributed by atoms with Crippen molar-refractivity contribution in [1.82, 2.24) is 15.0 Å². The molecule has 9 aromatic rings. The van der Waals surface area contributed by atoms with E-state index in [1.54, 1.807) is 11.8 Å². The van der Waals surface area contributed by atoms with Crippen molar-refractivity contribution in [2.24, 2.45) is 0 Å². The van der Waals surface area contributed by atoms with E-state index in [1.165, 1.54) is 37.7 Å². The lowest BCUT2D eigenvalue weighted by Crippen LogP contribution is -2.18. The van der Waals surface area contributed by atoms with Crippen LogP contribution in [0.2, 0.25) is 0 Å². The molecule has 5 heteroatoms. The van der Waals surface area contributed by atoms with Crippen molar-refractivity contribution in [2.75, 3.05) is 4.90 Å². The molecule has 1 aromatic heterocycles. The van der Waals surface area contributed by atoms with Crippen molar-refractivity contribution in [3.8, 4) is 22.8 Å². The first-order valence-corrected chi connectivity index (χ1v) is 16.9. The van der Waals surface area contributed by atoms with Crippen molar-refractivity contribution in [1.29, 1.82) is 0 Å². The molecule has 4 nitrogen and oxygen atoms in total. The van der Waals surface area contributed by atoms with Gasteiger partial charge < -0.3 is 0 Å². The van der Waals surface area contributed by atoms with Gasteiger partial charge in [-0.15, -0.1) is 0 Å². The molecule has 0 aliphatic carbocycles. The maximum absolute atomic E-state index is 5.26. The number of para-hydroxylation sites is 2. The second-order valence-electron chi connectivity index (χ2n) is 12.1. The summed E-state index contributed by atoms with van der Waals surface area (Å²) in [7, 11) is 0. The normalized spacial score (nSPS) is 12.5. The Hall–Kier alpha value is -6.04. The van der Waals surface area contributed by atoms with Crippen LogP contribution >= 0.6 is 11.8 Å². The van der Waals surface area contributed by atoms with E-state index in [4.69, 9.17) is 15.0 Å². The highest BCUT2D eigenvalue weighted by Crippen LogP contribution is 2.50. The lowest BCUT2D eigenvalue weighted by Gasteiger charge is -2.31. The number of fused-ring (bicyclic) bond motifs is 9. The molecule has 0 unspecified atom stereocenters. The Morgan fingerprint density at radius 3 is 1.50 bits per heavy atom. The predicted molar refractivity (Wildman–Crippen MR) is 200 cm³/mol. The maximum Gasteiger partial charge on any atom is 0.238 e. The van der Waals surface area contributed by atoms with Crippen molar-refractivity contribution in [2.45, 2.75) is 9.79 Å². The minimum Gasteiger partial charge on any atom is -0.277 e. The van der Waals surface area contributed by atoms with E-state index < -0.39 is 0 Å². The summed E-state index contributed by atoms with van der Waals surface area (Å²) in [4.78, 5) is 20.1. The molecule has 1 aliphatic rings. The fourth-order valence-electron chi connectivity index (χ4n) is 7.02. The molecular formula is C43H26N4S. The third kappa shape index (κ3) is 4.29. The fourth-order valence-corrected chi connectivity index (χ4v) is 8.08. The predicted octanol–water partition coefficient (Wildman–Crippen LogP) is 11.8. The van der Waals surface area contributed by atoms with Gasteiger partial charge in [0.1, 0.15) is 0 Å². The largest absolute Gasteiger partial charge is 0.277 e. The third-order valence-electron chi connectivity index (χ3n) is 9.27. The molecule has 2 heterocycles. The Kier molecular flexibility index (Phi) is 6.08. The fraction of sp³-hybridized carbons (Fsp3) is 0. The summed E-state index contributed by atoms with van der Waals surface area (Å²) in [5.74, 6) is 1.86. The first kappa shape index (κ1) is 27.1. The Labute approximate surface area is 281 Å². The van der Waals surface area contributed by atoms with Gasteiger partial charge in [0.25, 0.3) is 0 Å². The lowest BCUT2D eigenvalue weighted by atomic mass is 9.93. The summed E-state index contributed by atoms with van der Waals surface area (Å²) >= 11 is 1.77. The number of hydrogen-bond acceptors (Lipinski definition) is 5. The van der Waals surface area contributed by atoms with Gasteiger partial charge in [0, 0.05) is 20.9 Å². The molecule has 8 aromatic carbocycles. The minimum atomic E-state index is 0.590. The number of rotatable bonds is 3. The molecule has 0 spiro atoms. The molecule has 0 amide bonds. The van der Waals surface area contributed by atoms with Crippen LogP contribution in [0.3, 0.4) is 0 Å². The Balaban J connectivity index is 1.24. The maximum atomic E-state index is 5.26. The number of hydrogen-bond donors (Lipinski definition) is 0. The van der Waals surface area contributed by atoms with Gasteiger partial charge in [0.05, 0.1) is 11.4 Å². The average Bonchev–Trinajstić information content (AvgIpc) is 3.16. The van der Waals surface area contributed by atoms with Crippen molar-refractivity contribution < 1.29 is 0 Å². The summed E-state index contributed by atoms with van der Waals surface area (Å²) in [5.41, 5.74) is 4.00. The molecule has 1 aliphatic heterocycles. The quantitative estimate of drug-likeness (QED) is 0.182. The number of nitrogens with zero attached hydrogens (tertiary/aromatic N) is 4. The second kappa shape index (κ2) is 10.8. The lowest BCUT2D eigenvalue weighted by molar-refractivity contribution is 1.00. The van der Waals surface area contributed by atoms with Gasteiger partial charge in [-0.25, -0.2) is 4.98 Å². The summed E-state index contributed by atoms with van der Waals surface area (Å²) in [6.07, 6.45) is 0. The zero-order valence-corrected chi connectivity index (χ0v) is 26.5. The SMILES string of the molecule is c1ccc2c(c1)Sc1ccccc1N2c1nc(-c2ccc3ccccc3c2)nc(-c2ccc3c4ccccc4c4ccccc4c3c2)n1. The summed E-state index contributed by atoms with van der Waals surface area (Å²) in [6, 6.07) is 55.7. The van der Waals surface area contributed by atoms with E-state index in [0.717, 1.165) is 37.7 Å². The molecule has 0 N–H and O–H groups in total. The Morgan fingerprint density at radius 2 is 0.854 bits per heavy atom. The first-order chi connectivity index (χ1) is 23.8. The standard InChI is InChI=1S/C43H26N4S/c1-2-12-28-25-29(22-21-27(28)11-1)41-44-42(46-43(45-41)47-37-17-7-9-19-39(37)48-40-20-10-8-18-38(40)47)30-23-24-35-33-15-4-3-13-31(33)32-14-5-6-16-34(32)36(35)26-30/h1-26H. The van der Waals surface area contributed by atoms with E-state index in [0.29, 0.717) is 17.6 Å². The van der Waals surface area contributed by atoms with Crippen LogP contribution in [0.15, 0.2) is 168 Å². The van der Waals surface area contributed by atoms with Gasteiger partial charge in [0.2, 0.25) is 5.95 Å². The highest BCUT2D eigenvalue weighted by molar-refractivity contribution is 7.99. The van der Waals surface area contributed by atoms with Gasteiger partial charge in [-0.1, -0.05) is 133 Å². The van der Waals surface area contributed by atoms with E-state index in [1.807, 2.05) is 0 Å². The molecule has 10 rings (SSSR count). The molecule has 0 saturated heterocycles.